The molecule has 0 amide bonds. The fourth-order valence-electron chi connectivity index (χ4n) is 3.31. The van der Waals surface area contributed by atoms with Crippen molar-refractivity contribution in [3.05, 3.63) is 36.0 Å². The molecule has 26 heavy (non-hydrogen) atoms. The van der Waals surface area contributed by atoms with Crippen LogP contribution in [-0.4, -0.2) is 40.6 Å². The lowest BCUT2D eigenvalue weighted by molar-refractivity contribution is -0.148. The zero-order valence-corrected chi connectivity index (χ0v) is 15.7. The van der Waals surface area contributed by atoms with Crippen molar-refractivity contribution in [2.75, 3.05) is 0 Å². The summed E-state index contributed by atoms with van der Waals surface area (Å²) in [5, 5.41) is 9.71. The van der Waals surface area contributed by atoms with E-state index in [-0.39, 0.29) is 18.6 Å². The highest BCUT2D eigenvalue weighted by molar-refractivity contribution is 6.00. The van der Waals surface area contributed by atoms with Gasteiger partial charge in [-0.1, -0.05) is 17.7 Å². The molecule has 1 fully saturated rings. The van der Waals surface area contributed by atoms with Crippen LogP contribution in [0.15, 0.2) is 36.0 Å². The average molecular weight is 362 g/mol. The number of carbonyl (C=O) groups excluding carboxylic acids is 3. The molecule has 1 saturated heterocycles. The molecule has 2 aliphatic rings. The van der Waals surface area contributed by atoms with Gasteiger partial charge < -0.3 is 14.6 Å². The topological polar surface area (TPSA) is 89.9 Å². The molecule has 0 radical (unpaired) electrons. The predicted octanol–water partition coefficient (Wildman–Crippen LogP) is 2.41. The summed E-state index contributed by atoms with van der Waals surface area (Å²) in [6.07, 6.45) is 7.75. The molecule has 2 rings (SSSR count). The van der Waals surface area contributed by atoms with Crippen molar-refractivity contribution in [2.24, 2.45) is 5.41 Å². The Hall–Kier alpha value is -2.21. The minimum atomic E-state index is -1.03. The maximum absolute atomic E-state index is 12.6. The standard InChI is InChI=1S/C20H26O6/c1-13(6-5-9-19(3,4)24)10-17-20(12-18(23)26-17)11-15(25-14(2)21)7-8-16(20)22/h5,7-10,15,17,24H,6,11-12H2,1-4H3/b9-5+,13-10+/t15-,17-,20?/m1/s1. The van der Waals surface area contributed by atoms with E-state index in [1.807, 2.05) is 13.0 Å². The smallest absolute Gasteiger partial charge is 0.307 e. The van der Waals surface area contributed by atoms with Crippen LogP contribution < -0.4 is 0 Å². The number of hydrogen-bond donors (Lipinski definition) is 1. The molecule has 1 N–H and O–H groups in total. The molecule has 1 unspecified atom stereocenters. The van der Waals surface area contributed by atoms with Crippen LogP contribution in [0.5, 0.6) is 0 Å². The van der Waals surface area contributed by atoms with Crippen LogP contribution in [0.4, 0.5) is 0 Å². The predicted molar refractivity (Wildman–Crippen MR) is 95.1 cm³/mol. The van der Waals surface area contributed by atoms with E-state index in [0.29, 0.717) is 6.42 Å². The number of carbonyl (C=O) groups is 3. The van der Waals surface area contributed by atoms with Gasteiger partial charge in [-0.2, -0.15) is 0 Å². The van der Waals surface area contributed by atoms with E-state index in [2.05, 4.69) is 0 Å². The van der Waals surface area contributed by atoms with Gasteiger partial charge in [0.1, 0.15) is 12.2 Å². The van der Waals surface area contributed by atoms with Crippen molar-refractivity contribution in [1.29, 1.82) is 0 Å². The van der Waals surface area contributed by atoms with Crippen LogP contribution in [0.3, 0.4) is 0 Å². The largest absolute Gasteiger partial charge is 0.458 e. The first kappa shape index (κ1) is 20.1. The van der Waals surface area contributed by atoms with Crippen LogP contribution >= 0.6 is 0 Å². The van der Waals surface area contributed by atoms with Gasteiger partial charge in [-0.25, -0.2) is 0 Å². The van der Waals surface area contributed by atoms with Crippen molar-refractivity contribution < 1.29 is 29.0 Å². The van der Waals surface area contributed by atoms with Gasteiger partial charge in [0.15, 0.2) is 5.78 Å². The zero-order valence-electron chi connectivity index (χ0n) is 15.7. The third-order valence-corrected chi connectivity index (χ3v) is 4.50. The fourth-order valence-corrected chi connectivity index (χ4v) is 3.31. The Labute approximate surface area is 153 Å². The molecule has 0 aromatic carbocycles. The monoisotopic (exact) mass is 362 g/mol. The van der Waals surface area contributed by atoms with Gasteiger partial charge in [-0.05, 0) is 45.4 Å². The molecule has 0 saturated carbocycles. The van der Waals surface area contributed by atoms with E-state index in [4.69, 9.17) is 9.47 Å². The molecular formula is C20H26O6. The van der Waals surface area contributed by atoms with Gasteiger partial charge in [0.25, 0.3) is 0 Å². The molecule has 0 aromatic rings. The number of cyclic esters (lactones) is 1. The molecule has 142 valence electrons. The third kappa shape index (κ3) is 4.91. The minimum absolute atomic E-state index is 0.0259. The number of aliphatic hydroxyl groups is 1. The Morgan fingerprint density at radius 2 is 2.12 bits per heavy atom. The number of ether oxygens (including phenoxy) is 2. The molecule has 1 heterocycles. The summed E-state index contributed by atoms with van der Waals surface area (Å²) in [4.78, 5) is 35.8. The quantitative estimate of drug-likeness (QED) is 0.597. The van der Waals surface area contributed by atoms with Crippen molar-refractivity contribution >= 4 is 17.7 Å². The highest BCUT2D eigenvalue weighted by Crippen LogP contribution is 2.45. The van der Waals surface area contributed by atoms with Crippen LogP contribution in [0.25, 0.3) is 0 Å². The van der Waals surface area contributed by atoms with Crippen molar-refractivity contribution in [3.8, 4) is 0 Å². The van der Waals surface area contributed by atoms with E-state index < -0.39 is 35.2 Å². The molecule has 0 bridgehead atoms. The molecule has 0 aromatic heterocycles. The molecular weight excluding hydrogens is 336 g/mol. The maximum Gasteiger partial charge on any atom is 0.307 e. The van der Waals surface area contributed by atoms with Crippen molar-refractivity contribution in [2.45, 2.75) is 64.8 Å². The Bertz CT molecular complexity index is 679. The van der Waals surface area contributed by atoms with Gasteiger partial charge in [-0.3, -0.25) is 14.4 Å². The summed E-state index contributed by atoms with van der Waals surface area (Å²) in [7, 11) is 0. The van der Waals surface area contributed by atoms with E-state index in [0.717, 1.165) is 5.57 Å². The highest BCUT2D eigenvalue weighted by Gasteiger charge is 2.55. The van der Waals surface area contributed by atoms with Gasteiger partial charge in [0, 0.05) is 13.3 Å². The molecule has 1 aliphatic heterocycles. The highest BCUT2D eigenvalue weighted by atomic mass is 16.6. The first-order chi connectivity index (χ1) is 12.0. The van der Waals surface area contributed by atoms with Crippen molar-refractivity contribution in [3.63, 3.8) is 0 Å². The number of rotatable bonds is 5. The molecule has 1 aliphatic carbocycles. The Kier molecular flexibility index (Phi) is 5.86. The van der Waals surface area contributed by atoms with Crippen LogP contribution in [0.1, 0.15) is 47.0 Å². The normalized spacial score (nSPS) is 29.5. The van der Waals surface area contributed by atoms with Crippen LogP contribution in [0, 0.1) is 5.41 Å². The Balaban J connectivity index is 2.21. The first-order valence-electron chi connectivity index (χ1n) is 8.68. The number of allylic oxidation sites excluding steroid dienone is 3. The maximum atomic E-state index is 12.6. The third-order valence-electron chi connectivity index (χ3n) is 4.50. The second-order valence-corrected chi connectivity index (χ2v) is 7.59. The van der Waals surface area contributed by atoms with E-state index in [1.165, 1.54) is 13.0 Å². The second kappa shape index (κ2) is 7.58. The molecule has 1 spiro atoms. The lowest BCUT2D eigenvalue weighted by Gasteiger charge is -2.34. The second-order valence-electron chi connectivity index (χ2n) is 7.59. The van der Waals surface area contributed by atoms with E-state index in [9.17, 15) is 19.5 Å². The van der Waals surface area contributed by atoms with Gasteiger partial charge >= 0.3 is 11.9 Å². The van der Waals surface area contributed by atoms with Crippen molar-refractivity contribution in [1.82, 2.24) is 0 Å². The summed E-state index contributed by atoms with van der Waals surface area (Å²) >= 11 is 0. The van der Waals surface area contributed by atoms with E-state index >= 15 is 0 Å². The summed E-state index contributed by atoms with van der Waals surface area (Å²) in [6, 6.07) is 0. The summed E-state index contributed by atoms with van der Waals surface area (Å²) in [5.41, 5.74) is -1.02. The first-order valence-corrected chi connectivity index (χ1v) is 8.68. The molecule has 6 nitrogen and oxygen atoms in total. The molecule has 3 atom stereocenters. The van der Waals surface area contributed by atoms with E-state index in [1.54, 1.807) is 32.1 Å². The van der Waals surface area contributed by atoms with Gasteiger partial charge in [-0.15, -0.1) is 0 Å². The lowest BCUT2D eigenvalue weighted by Crippen LogP contribution is -2.43. The SMILES string of the molecule is CC(=O)O[C@@H]1C=CC(=O)C2(CC(=O)O[C@@H]2/C=C(\C)C/C=C/C(C)(C)O)C1. The fraction of sp³-hybridized carbons (Fsp3) is 0.550. The van der Waals surface area contributed by atoms with Crippen LogP contribution in [-0.2, 0) is 23.9 Å². The number of esters is 2. The number of ketones is 1. The Morgan fingerprint density at radius 1 is 1.42 bits per heavy atom. The zero-order chi connectivity index (χ0) is 19.5. The Morgan fingerprint density at radius 3 is 2.73 bits per heavy atom. The average Bonchev–Trinajstić information content (AvgIpc) is 2.77. The van der Waals surface area contributed by atoms with Gasteiger partial charge in [0.2, 0.25) is 0 Å². The summed E-state index contributed by atoms with van der Waals surface area (Å²) in [6.45, 7) is 6.54. The number of hydrogen-bond acceptors (Lipinski definition) is 6. The lowest BCUT2D eigenvalue weighted by atomic mass is 9.69. The minimum Gasteiger partial charge on any atom is -0.458 e. The van der Waals surface area contributed by atoms with Crippen LogP contribution in [0.2, 0.25) is 0 Å². The molecule has 6 heteroatoms. The summed E-state index contributed by atoms with van der Waals surface area (Å²) < 4.78 is 10.6. The summed E-state index contributed by atoms with van der Waals surface area (Å²) in [5.74, 6) is -1.06. The van der Waals surface area contributed by atoms with Gasteiger partial charge in [0.05, 0.1) is 17.4 Å².